The molecule has 1 N–H and O–H groups in total. The highest BCUT2D eigenvalue weighted by atomic mass is 16.5. The Bertz CT molecular complexity index is 740. The fourth-order valence-corrected chi connectivity index (χ4v) is 2.53. The van der Waals surface area contributed by atoms with Crippen molar-refractivity contribution < 1.29 is 19.0 Å². The highest BCUT2D eigenvalue weighted by Gasteiger charge is 2.16. The van der Waals surface area contributed by atoms with Crippen LogP contribution in [0.4, 0.5) is 0 Å². The van der Waals surface area contributed by atoms with E-state index >= 15 is 0 Å². The van der Waals surface area contributed by atoms with E-state index in [9.17, 15) is 4.79 Å². The van der Waals surface area contributed by atoms with Gasteiger partial charge in [0.2, 0.25) is 0 Å². The van der Waals surface area contributed by atoms with E-state index in [1.165, 1.54) is 0 Å². The first kappa shape index (κ1) is 19.6. The molecule has 0 saturated carbocycles. The van der Waals surface area contributed by atoms with Gasteiger partial charge in [-0.05, 0) is 74.7 Å². The van der Waals surface area contributed by atoms with Gasteiger partial charge in [0.25, 0.3) is 5.91 Å². The molecule has 2 aromatic carbocycles. The van der Waals surface area contributed by atoms with Crippen LogP contribution in [-0.4, -0.2) is 32.3 Å². The van der Waals surface area contributed by atoms with E-state index in [-0.39, 0.29) is 5.91 Å². The molecule has 26 heavy (non-hydrogen) atoms. The zero-order valence-electron chi connectivity index (χ0n) is 16.1. The van der Waals surface area contributed by atoms with E-state index in [1.54, 1.807) is 14.0 Å². The number of benzene rings is 2. The van der Waals surface area contributed by atoms with Crippen LogP contribution in [0.25, 0.3) is 0 Å². The Hall–Kier alpha value is -2.69. The molecule has 0 heterocycles. The maximum atomic E-state index is 12.2. The van der Waals surface area contributed by atoms with Crippen LogP contribution >= 0.6 is 0 Å². The summed E-state index contributed by atoms with van der Waals surface area (Å²) < 4.78 is 16.5. The molecule has 0 aliphatic carbocycles. The summed E-state index contributed by atoms with van der Waals surface area (Å²) >= 11 is 0. The summed E-state index contributed by atoms with van der Waals surface area (Å²) in [4.78, 5) is 12.2. The minimum atomic E-state index is -0.573. The lowest BCUT2D eigenvalue weighted by molar-refractivity contribution is -0.127. The first-order valence-electron chi connectivity index (χ1n) is 8.69. The number of methoxy groups -OCH3 is 1. The van der Waals surface area contributed by atoms with Crippen molar-refractivity contribution in [2.45, 2.75) is 33.8 Å². The van der Waals surface area contributed by atoms with Gasteiger partial charge in [0.1, 0.15) is 23.9 Å². The van der Waals surface area contributed by atoms with Crippen LogP contribution in [0.3, 0.4) is 0 Å². The zero-order valence-corrected chi connectivity index (χ0v) is 16.1. The standard InChI is InChI=1S/C21H27NO4/c1-14-12-15(2)16(3)20(13-14)26-17(4)21(23)22-10-11-25-19-8-6-18(24-5)7-9-19/h6-9,12-13,17H,10-11H2,1-5H3,(H,22,23)/t17-/m1/s1. The molecule has 2 aromatic rings. The Kier molecular flexibility index (Phi) is 6.89. The van der Waals surface area contributed by atoms with Crippen molar-refractivity contribution in [1.29, 1.82) is 0 Å². The number of carbonyl (C=O) groups excluding carboxylic acids is 1. The van der Waals surface area contributed by atoms with E-state index in [0.29, 0.717) is 13.2 Å². The molecule has 0 bridgehead atoms. The van der Waals surface area contributed by atoms with Crippen molar-refractivity contribution in [2.24, 2.45) is 0 Å². The maximum Gasteiger partial charge on any atom is 0.260 e. The van der Waals surface area contributed by atoms with E-state index in [0.717, 1.165) is 33.9 Å². The van der Waals surface area contributed by atoms with Crippen LogP contribution in [0.5, 0.6) is 17.2 Å². The fraction of sp³-hybridized carbons (Fsp3) is 0.381. The van der Waals surface area contributed by atoms with Crippen molar-refractivity contribution in [3.63, 3.8) is 0 Å². The molecule has 2 rings (SSSR count). The third-order valence-electron chi connectivity index (χ3n) is 4.17. The molecular formula is C21H27NO4. The summed E-state index contributed by atoms with van der Waals surface area (Å²) in [5.41, 5.74) is 3.32. The van der Waals surface area contributed by atoms with Gasteiger partial charge >= 0.3 is 0 Å². The van der Waals surface area contributed by atoms with Gasteiger partial charge in [0.05, 0.1) is 13.7 Å². The molecule has 5 nitrogen and oxygen atoms in total. The summed E-state index contributed by atoms with van der Waals surface area (Å²) in [5.74, 6) is 2.09. The van der Waals surface area contributed by atoms with Gasteiger partial charge in [0.15, 0.2) is 6.10 Å². The quantitative estimate of drug-likeness (QED) is 0.734. The second kappa shape index (κ2) is 9.13. The molecule has 0 aromatic heterocycles. The summed E-state index contributed by atoms with van der Waals surface area (Å²) in [6.07, 6.45) is -0.573. The number of aryl methyl sites for hydroxylation is 2. The molecule has 140 valence electrons. The Balaban J connectivity index is 1.78. The number of amides is 1. The molecule has 0 fully saturated rings. The van der Waals surface area contributed by atoms with E-state index in [2.05, 4.69) is 11.4 Å². The summed E-state index contributed by atoms with van der Waals surface area (Å²) in [6.45, 7) is 8.59. The lowest BCUT2D eigenvalue weighted by Crippen LogP contribution is -2.38. The summed E-state index contributed by atoms with van der Waals surface area (Å²) in [7, 11) is 1.62. The Labute approximate surface area is 155 Å². The fourth-order valence-electron chi connectivity index (χ4n) is 2.53. The molecule has 0 aliphatic heterocycles. The minimum Gasteiger partial charge on any atom is -0.497 e. The SMILES string of the molecule is COc1ccc(OCCNC(=O)[C@@H](C)Oc2cc(C)cc(C)c2C)cc1. The van der Waals surface area contributed by atoms with Crippen LogP contribution in [0.1, 0.15) is 23.6 Å². The number of carbonyl (C=O) groups is 1. The van der Waals surface area contributed by atoms with Gasteiger partial charge in [-0.2, -0.15) is 0 Å². The third kappa shape index (κ3) is 5.41. The molecule has 1 amide bonds. The van der Waals surface area contributed by atoms with Gasteiger partial charge in [-0.25, -0.2) is 0 Å². The van der Waals surface area contributed by atoms with Gasteiger partial charge < -0.3 is 19.5 Å². The Morgan fingerprint density at radius 3 is 2.38 bits per heavy atom. The smallest absolute Gasteiger partial charge is 0.260 e. The number of hydrogen-bond acceptors (Lipinski definition) is 4. The van der Waals surface area contributed by atoms with E-state index < -0.39 is 6.10 Å². The molecule has 5 heteroatoms. The van der Waals surface area contributed by atoms with Crippen LogP contribution in [0, 0.1) is 20.8 Å². The zero-order chi connectivity index (χ0) is 19.1. The molecule has 0 radical (unpaired) electrons. The van der Waals surface area contributed by atoms with Crippen LogP contribution < -0.4 is 19.5 Å². The van der Waals surface area contributed by atoms with Gasteiger partial charge in [0, 0.05) is 0 Å². The number of hydrogen-bond donors (Lipinski definition) is 1. The minimum absolute atomic E-state index is 0.165. The van der Waals surface area contributed by atoms with Crippen molar-refractivity contribution >= 4 is 5.91 Å². The van der Waals surface area contributed by atoms with Gasteiger partial charge in [-0.3, -0.25) is 4.79 Å². The molecule has 0 spiro atoms. The highest BCUT2D eigenvalue weighted by molar-refractivity contribution is 5.80. The molecular weight excluding hydrogens is 330 g/mol. The van der Waals surface area contributed by atoms with E-state index in [4.69, 9.17) is 14.2 Å². The van der Waals surface area contributed by atoms with Crippen molar-refractivity contribution in [2.75, 3.05) is 20.3 Å². The normalized spacial score (nSPS) is 11.6. The van der Waals surface area contributed by atoms with Crippen LogP contribution in [0.15, 0.2) is 36.4 Å². The average molecular weight is 357 g/mol. The predicted octanol–water partition coefficient (Wildman–Crippen LogP) is 3.58. The summed E-state index contributed by atoms with van der Waals surface area (Å²) in [5, 5.41) is 2.83. The first-order chi connectivity index (χ1) is 12.4. The molecule has 1 atom stereocenters. The third-order valence-corrected chi connectivity index (χ3v) is 4.17. The Morgan fingerprint density at radius 1 is 1.08 bits per heavy atom. The lowest BCUT2D eigenvalue weighted by atomic mass is 10.1. The Morgan fingerprint density at radius 2 is 1.73 bits per heavy atom. The average Bonchev–Trinajstić information content (AvgIpc) is 2.63. The van der Waals surface area contributed by atoms with Crippen molar-refractivity contribution in [3.05, 3.63) is 53.1 Å². The number of nitrogens with one attached hydrogen (secondary N) is 1. The maximum absolute atomic E-state index is 12.2. The topological polar surface area (TPSA) is 56.8 Å². The second-order valence-corrected chi connectivity index (χ2v) is 6.28. The van der Waals surface area contributed by atoms with Crippen molar-refractivity contribution in [3.8, 4) is 17.2 Å². The number of ether oxygens (including phenoxy) is 3. The highest BCUT2D eigenvalue weighted by Crippen LogP contribution is 2.24. The van der Waals surface area contributed by atoms with Crippen molar-refractivity contribution in [1.82, 2.24) is 5.32 Å². The summed E-state index contributed by atoms with van der Waals surface area (Å²) in [6, 6.07) is 11.4. The lowest BCUT2D eigenvalue weighted by Gasteiger charge is -2.18. The largest absolute Gasteiger partial charge is 0.497 e. The first-order valence-corrected chi connectivity index (χ1v) is 8.69. The molecule has 0 unspecified atom stereocenters. The van der Waals surface area contributed by atoms with Gasteiger partial charge in [-0.1, -0.05) is 6.07 Å². The van der Waals surface area contributed by atoms with Crippen LogP contribution in [0.2, 0.25) is 0 Å². The second-order valence-electron chi connectivity index (χ2n) is 6.28. The molecule has 0 aliphatic rings. The number of rotatable bonds is 8. The predicted molar refractivity (Wildman–Crippen MR) is 102 cm³/mol. The van der Waals surface area contributed by atoms with Gasteiger partial charge in [-0.15, -0.1) is 0 Å². The van der Waals surface area contributed by atoms with Crippen LogP contribution in [-0.2, 0) is 4.79 Å². The van der Waals surface area contributed by atoms with E-state index in [1.807, 2.05) is 51.1 Å². The monoisotopic (exact) mass is 357 g/mol. The molecule has 0 saturated heterocycles.